The lowest BCUT2D eigenvalue weighted by Gasteiger charge is -2.37. The van der Waals surface area contributed by atoms with Gasteiger partial charge in [-0.15, -0.1) is 0 Å². The molecule has 0 heterocycles. The van der Waals surface area contributed by atoms with Crippen LogP contribution in [0.5, 0.6) is 0 Å². The molecule has 0 unspecified atom stereocenters. The van der Waals surface area contributed by atoms with E-state index >= 15 is 0 Å². The van der Waals surface area contributed by atoms with E-state index in [1.807, 2.05) is 13.1 Å². The van der Waals surface area contributed by atoms with Crippen LogP contribution < -0.4 is 0 Å². The zero-order chi connectivity index (χ0) is 17.1. The molecule has 0 bridgehead atoms. The van der Waals surface area contributed by atoms with Crippen molar-refractivity contribution in [2.24, 2.45) is 5.41 Å². The zero-order valence-corrected chi connectivity index (χ0v) is 15.6. The van der Waals surface area contributed by atoms with Crippen LogP contribution >= 0.6 is 0 Å². The molecule has 0 aromatic rings. The van der Waals surface area contributed by atoms with Crippen LogP contribution in [-0.2, 0) is 23.5 Å². The number of carbonyl (C=O) groups is 2. The van der Waals surface area contributed by atoms with Crippen molar-refractivity contribution in [1.29, 1.82) is 0 Å². The number of rotatable bonds is 5. The molecule has 0 aliphatic rings. The first kappa shape index (κ1) is 19.7. The average molecular weight is 316 g/mol. The molecular weight excluding hydrogens is 288 g/mol. The zero-order valence-electron chi connectivity index (χ0n) is 14.6. The molecule has 0 saturated heterocycles. The Morgan fingerprint density at radius 1 is 0.952 bits per heavy atom. The highest BCUT2D eigenvalue weighted by Gasteiger charge is 2.41. The van der Waals surface area contributed by atoms with Gasteiger partial charge in [-0.25, -0.2) is 4.79 Å². The van der Waals surface area contributed by atoms with E-state index in [4.69, 9.17) is 13.9 Å². The van der Waals surface area contributed by atoms with Gasteiger partial charge in [0.2, 0.25) is 0 Å². The Hall–Kier alpha value is -1.30. The molecule has 0 atom stereocenters. The predicted molar refractivity (Wildman–Crippen MR) is 84.2 cm³/mol. The van der Waals surface area contributed by atoms with E-state index in [0.717, 1.165) is 0 Å². The van der Waals surface area contributed by atoms with Crippen LogP contribution in [0.25, 0.3) is 0 Å². The van der Waals surface area contributed by atoms with Crippen molar-refractivity contribution in [3.63, 3.8) is 0 Å². The lowest BCUT2D eigenvalue weighted by atomic mass is 9.93. The van der Waals surface area contributed by atoms with Crippen LogP contribution in [0.1, 0.15) is 34.6 Å². The highest BCUT2D eigenvalue weighted by atomic mass is 28.4. The van der Waals surface area contributed by atoms with E-state index in [1.54, 1.807) is 13.8 Å². The van der Waals surface area contributed by atoms with Gasteiger partial charge < -0.3 is 13.9 Å². The molecule has 5 nitrogen and oxygen atoms in total. The van der Waals surface area contributed by atoms with Crippen LogP contribution in [0.4, 0.5) is 0 Å². The van der Waals surface area contributed by atoms with E-state index in [1.165, 1.54) is 20.3 Å². The van der Waals surface area contributed by atoms with E-state index in [-0.39, 0.29) is 10.8 Å². The fourth-order valence-electron chi connectivity index (χ4n) is 1.31. The maximum Gasteiger partial charge on any atom is 0.371 e. The normalized spacial score (nSPS) is 13.7. The average Bonchev–Trinajstić information content (AvgIpc) is 2.33. The predicted octanol–water partition coefficient (Wildman–Crippen LogP) is 3.26. The van der Waals surface area contributed by atoms with Gasteiger partial charge >= 0.3 is 11.9 Å². The number of carbonyl (C=O) groups excluding carboxylic acids is 2. The Morgan fingerprint density at radius 3 is 1.76 bits per heavy atom. The first-order chi connectivity index (χ1) is 9.28. The van der Waals surface area contributed by atoms with Crippen molar-refractivity contribution in [3.05, 3.63) is 11.8 Å². The summed E-state index contributed by atoms with van der Waals surface area (Å²) in [5, 5.41) is -0.0739. The molecule has 21 heavy (non-hydrogen) atoms. The van der Waals surface area contributed by atoms with E-state index in [2.05, 4.69) is 20.8 Å². The Bertz CT molecular complexity index is 430. The van der Waals surface area contributed by atoms with Crippen molar-refractivity contribution < 1.29 is 23.5 Å². The fourth-order valence-corrected chi connectivity index (χ4v) is 2.31. The summed E-state index contributed by atoms with van der Waals surface area (Å²) in [6.45, 7) is 13.6. The van der Waals surface area contributed by atoms with Gasteiger partial charge in [0, 0.05) is 0 Å². The summed E-state index contributed by atoms with van der Waals surface area (Å²) in [5.74, 6) is -0.959. The number of esters is 2. The van der Waals surface area contributed by atoms with E-state index in [9.17, 15) is 9.59 Å². The molecule has 122 valence electrons. The second-order valence-electron chi connectivity index (χ2n) is 7.08. The largest absolute Gasteiger partial charge is 0.539 e. The third-order valence-corrected chi connectivity index (χ3v) is 8.10. The number of methoxy groups -OCH3 is 2. The monoisotopic (exact) mass is 316 g/mol. The minimum Gasteiger partial charge on any atom is -0.539 e. The second-order valence-corrected chi connectivity index (χ2v) is 11.8. The summed E-state index contributed by atoms with van der Waals surface area (Å²) >= 11 is 0. The van der Waals surface area contributed by atoms with Gasteiger partial charge in [0.15, 0.2) is 5.76 Å². The molecule has 0 amide bonds. The van der Waals surface area contributed by atoms with Crippen molar-refractivity contribution in [2.45, 2.75) is 52.8 Å². The second kappa shape index (κ2) is 6.64. The highest BCUT2D eigenvalue weighted by Crippen LogP contribution is 2.38. The molecular formula is C15H28O5Si. The first-order valence-corrected chi connectivity index (χ1v) is 9.78. The SMILES string of the molecule is COC(=O)C(=CC(C)(C)C(=O)OC)O[Si](C)(C)C(C)(C)C. The molecule has 0 aliphatic carbocycles. The van der Waals surface area contributed by atoms with Crippen molar-refractivity contribution >= 4 is 20.3 Å². The molecule has 0 radical (unpaired) electrons. The van der Waals surface area contributed by atoms with Gasteiger partial charge in [-0.05, 0) is 38.1 Å². The maximum atomic E-state index is 12.0. The van der Waals surface area contributed by atoms with Crippen molar-refractivity contribution in [1.82, 2.24) is 0 Å². The molecule has 6 heteroatoms. The summed E-state index contributed by atoms with van der Waals surface area (Å²) in [4.78, 5) is 23.7. The van der Waals surface area contributed by atoms with Gasteiger partial charge in [-0.1, -0.05) is 20.8 Å². The molecule has 0 spiro atoms. The van der Waals surface area contributed by atoms with Gasteiger partial charge in [0.25, 0.3) is 8.32 Å². The molecule has 0 aromatic heterocycles. The third-order valence-electron chi connectivity index (χ3n) is 3.76. The molecule has 0 rings (SSSR count). The summed E-state index contributed by atoms with van der Waals surface area (Å²) < 4.78 is 15.5. The van der Waals surface area contributed by atoms with Gasteiger partial charge in [-0.2, -0.15) is 0 Å². The Kier molecular flexibility index (Phi) is 6.23. The van der Waals surface area contributed by atoms with E-state index in [0.29, 0.717) is 0 Å². The summed E-state index contributed by atoms with van der Waals surface area (Å²) in [5.41, 5.74) is -0.972. The van der Waals surface area contributed by atoms with E-state index < -0.39 is 25.7 Å². The van der Waals surface area contributed by atoms with Gasteiger partial charge in [-0.3, -0.25) is 4.79 Å². The molecule has 0 saturated carbocycles. The highest BCUT2D eigenvalue weighted by molar-refractivity contribution is 6.74. The fraction of sp³-hybridized carbons (Fsp3) is 0.733. The summed E-state index contributed by atoms with van der Waals surface area (Å²) in [7, 11) is 0.385. The lowest BCUT2D eigenvalue weighted by Crippen LogP contribution is -2.42. The Morgan fingerprint density at radius 2 is 1.43 bits per heavy atom. The number of ether oxygens (including phenoxy) is 2. The topological polar surface area (TPSA) is 61.8 Å². The number of hydrogen-bond acceptors (Lipinski definition) is 5. The Balaban J connectivity index is 5.63. The van der Waals surface area contributed by atoms with Crippen molar-refractivity contribution in [2.75, 3.05) is 14.2 Å². The van der Waals surface area contributed by atoms with Crippen LogP contribution in [0.3, 0.4) is 0 Å². The molecule has 0 aliphatic heterocycles. The molecule has 0 fully saturated rings. The third kappa shape index (κ3) is 5.19. The van der Waals surface area contributed by atoms with Gasteiger partial charge in [0.05, 0.1) is 19.6 Å². The first-order valence-electron chi connectivity index (χ1n) is 6.87. The molecule has 0 aromatic carbocycles. The van der Waals surface area contributed by atoms with Crippen LogP contribution in [0.2, 0.25) is 18.1 Å². The standard InChI is InChI=1S/C15H28O5Si/c1-14(2,3)21(8,9)20-11(12(16)18-6)10-15(4,5)13(17)19-7/h10H,1-9H3. The number of hydrogen-bond donors (Lipinski definition) is 0. The summed E-state index contributed by atoms with van der Waals surface area (Å²) in [6, 6.07) is 0. The maximum absolute atomic E-state index is 12.0. The quantitative estimate of drug-likeness (QED) is 0.337. The minimum absolute atomic E-state index is 0.0690. The van der Waals surface area contributed by atoms with Gasteiger partial charge in [0.1, 0.15) is 0 Å². The smallest absolute Gasteiger partial charge is 0.371 e. The lowest BCUT2D eigenvalue weighted by molar-refractivity contribution is -0.148. The van der Waals surface area contributed by atoms with Crippen LogP contribution in [0, 0.1) is 5.41 Å². The summed E-state index contributed by atoms with van der Waals surface area (Å²) in [6.07, 6.45) is 1.48. The minimum atomic E-state index is -2.21. The van der Waals surface area contributed by atoms with Crippen LogP contribution in [-0.4, -0.2) is 34.5 Å². The molecule has 0 N–H and O–H groups in total. The van der Waals surface area contributed by atoms with Crippen molar-refractivity contribution in [3.8, 4) is 0 Å². The Labute approximate surface area is 128 Å². The van der Waals surface area contributed by atoms with Crippen LogP contribution in [0.15, 0.2) is 11.8 Å².